The van der Waals surface area contributed by atoms with Crippen molar-refractivity contribution in [3.8, 4) is 0 Å². The molecule has 0 atom stereocenters. The summed E-state index contributed by atoms with van der Waals surface area (Å²) in [4.78, 5) is 17.0. The van der Waals surface area contributed by atoms with Gasteiger partial charge in [0.1, 0.15) is 5.70 Å². The van der Waals surface area contributed by atoms with Crippen molar-refractivity contribution in [2.45, 2.75) is 0 Å². The third-order valence-corrected chi connectivity index (χ3v) is 2.43. The molecule has 0 aliphatic rings. The second-order valence-electron chi connectivity index (χ2n) is 3.53. The molecule has 2 aromatic rings. The Morgan fingerprint density at radius 3 is 3.06 bits per heavy atom. The van der Waals surface area contributed by atoms with E-state index in [-0.39, 0.29) is 5.70 Å². The minimum Gasteiger partial charge on any atom is -0.466 e. The largest absolute Gasteiger partial charge is 0.466 e. The normalized spacial score (nSPS) is 11.1. The van der Waals surface area contributed by atoms with E-state index in [1.54, 1.807) is 0 Å². The highest BCUT2D eigenvalue weighted by Gasteiger charge is 2.07. The van der Waals surface area contributed by atoms with Gasteiger partial charge in [-0.3, -0.25) is 0 Å². The first-order valence-electron chi connectivity index (χ1n) is 5.17. The maximum Gasteiger partial charge on any atom is 0.340 e. The van der Waals surface area contributed by atoms with E-state index in [0.29, 0.717) is 0 Å². The molecule has 6 heteroatoms. The van der Waals surface area contributed by atoms with Crippen LogP contribution in [0.25, 0.3) is 27.4 Å². The Kier molecular flexibility index (Phi) is 3.31. The first-order chi connectivity index (χ1) is 8.74. The van der Waals surface area contributed by atoms with Crippen LogP contribution in [0, 0.1) is 0 Å². The fourth-order valence-electron chi connectivity index (χ4n) is 1.59. The number of esters is 1. The van der Waals surface area contributed by atoms with Gasteiger partial charge in [0, 0.05) is 16.6 Å². The molecule has 0 aliphatic carbocycles. The first-order valence-corrected chi connectivity index (χ1v) is 5.17. The summed E-state index contributed by atoms with van der Waals surface area (Å²) in [6, 6.07) is 7.53. The molecule has 0 aliphatic heterocycles. The predicted molar refractivity (Wildman–Crippen MR) is 67.4 cm³/mol. The molecule has 0 fully saturated rings. The van der Waals surface area contributed by atoms with Crippen molar-refractivity contribution >= 4 is 22.9 Å². The number of nitrogens with one attached hydrogen (secondary N) is 1. The van der Waals surface area contributed by atoms with Crippen LogP contribution in [-0.4, -0.2) is 18.1 Å². The van der Waals surface area contributed by atoms with Crippen LogP contribution in [0.5, 0.6) is 0 Å². The number of aromatic amines is 1. The molecule has 0 radical (unpaired) electrons. The van der Waals surface area contributed by atoms with Gasteiger partial charge >= 0.3 is 5.97 Å². The number of ether oxygens (including phenoxy) is 1. The predicted octanol–water partition coefficient (Wildman–Crippen LogP) is 2.99. The number of azide groups is 1. The lowest BCUT2D eigenvalue weighted by atomic mass is 10.1. The fraction of sp³-hybridized carbons (Fsp3) is 0.0833. The van der Waals surface area contributed by atoms with Crippen molar-refractivity contribution in [3.05, 3.63) is 52.2 Å². The lowest BCUT2D eigenvalue weighted by molar-refractivity contribution is -0.136. The molecule has 1 heterocycles. The number of methoxy groups -OCH3 is 1. The van der Waals surface area contributed by atoms with E-state index in [1.165, 1.54) is 13.2 Å². The zero-order valence-corrected chi connectivity index (χ0v) is 9.62. The smallest absolute Gasteiger partial charge is 0.340 e. The third kappa shape index (κ3) is 2.34. The van der Waals surface area contributed by atoms with Crippen LogP contribution in [0.3, 0.4) is 0 Å². The van der Waals surface area contributed by atoms with Gasteiger partial charge in [0.05, 0.1) is 7.11 Å². The Bertz CT molecular complexity index is 666. The van der Waals surface area contributed by atoms with Crippen molar-refractivity contribution in [2.24, 2.45) is 5.11 Å². The number of carbonyl (C=O) groups is 1. The average molecular weight is 242 g/mol. The van der Waals surface area contributed by atoms with Gasteiger partial charge in [-0.25, -0.2) is 4.79 Å². The number of hydrogen-bond acceptors (Lipinski definition) is 3. The van der Waals surface area contributed by atoms with Crippen molar-refractivity contribution in [1.29, 1.82) is 0 Å². The van der Waals surface area contributed by atoms with Gasteiger partial charge in [0.15, 0.2) is 0 Å². The van der Waals surface area contributed by atoms with Crippen LogP contribution in [0.2, 0.25) is 0 Å². The summed E-state index contributed by atoms with van der Waals surface area (Å²) in [5, 5.41) is 4.38. The Labute approximate surface area is 103 Å². The summed E-state index contributed by atoms with van der Waals surface area (Å²) >= 11 is 0. The molecule has 6 nitrogen and oxygen atoms in total. The van der Waals surface area contributed by atoms with Gasteiger partial charge in [-0.05, 0) is 34.7 Å². The second-order valence-corrected chi connectivity index (χ2v) is 3.53. The highest BCUT2D eigenvalue weighted by atomic mass is 16.5. The van der Waals surface area contributed by atoms with Crippen LogP contribution in [0.4, 0.5) is 0 Å². The van der Waals surface area contributed by atoms with Gasteiger partial charge in [-0.15, -0.1) is 0 Å². The molecule has 90 valence electrons. The lowest BCUT2D eigenvalue weighted by Crippen LogP contribution is -2.01. The molecule has 1 aromatic carbocycles. The molecule has 0 bridgehead atoms. The number of carbonyl (C=O) groups excluding carboxylic acids is 1. The maximum atomic E-state index is 11.4. The molecular weight excluding hydrogens is 232 g/mol. The summed E-state index contributed by atoms with van der Waals surface area (Å²) in [5.41, 5.74) is 10.0. The van der Waals surface area contributed by atoms with Crippen LogP contribution in [0.1, 0.15) is 5.56 Å². The summed E-state index contributed by atoms with van der Waals surface area (Å²) < 4.78 is 4.53. The van der Waals surface area contributed by atoms with Crippen molar-refractivity contribution < 1.29 is 9.53 Å². The van der Waals surface area contributed by atoms with Gasteiger partial charge in [-0.2, -0.15) is 0 Å². The Hall–Kier alpha value is -2.72. The van der Waals surface area contributed by atoms with Crippen LogP contribution in [0.15, 0.2) is 41.3 Å². The standard InChI is InChI=1S/C12H10N4O2/c1-18-12(17)11(15-16-13)7-8-2-3-9-4-5-14-10(9)6-8/h2-7,14H,1H3/b11-7-. The number of benzene rings is 1. The van der Waals surface area contributed by atoms with Gasteiger partial charge in [0.25, 0.3) is 0 Å². The van der Waals surface area contributed by atoms with E-state index in [9.17, 15) is 4.79 Å². The summed E-state index contributed by atoms with van der Waals surface area (Å²) in [7, 11) is 1.23. The number of nitrogens with zero attached hydrogens (tertiary/aromatic N) is 3. The molecular formula is C12H10N4O2. The number of hydrogen-bond donors (Lipinski definition) is 1. The highest BCUT2D eigenvalue weighted by Crippen LogP contribution is 2.17. The zero-order chi connectivity index (χ0) is 13.0. The number of H-pyrrole nitrogens is 1. The molecule has 2 rings (SSSR count). The van der Waals surface area contributed by atoms with E-state index in [4.69, 9.17) is 5.53 Å². The summed E-state index contributed by atoms with van der Waals surface area (Å²) in [6.45, 7) is 0. The van der Waals surface area contributed by atoms with Crippen LogP contribution in [-0.2, 0) is 9.53 Å². The summed E-state index contributed by atoms with van der Waals surface area (Å²) in [6.07, 6.45) is 3.30. The number of aromatic nitrogens is 1. The van der Waals surface area contributed by atoms with Gasteiger partial charge < -0.3 is 9.72 Å². The van der Waals surface area contributed by atoms with Crippen molar-refractivity contribution in [3.63, 3.8) is 0 Å². The first kappa shape index (κ1) is 11.8. The van der Waals surface area contributed by atoms with Gasteiger partial charge in [0.2, 0.25) is 0 Å². The maximum absolute atomic E-state index is 11.4. The quantitative estimate of drug-likeness (QED) is 0.294. The zero-order valence-electron chi connectivity index (χ0n) is 9.62. The minimum absolute atomic E-state index is 0.0779. The monoisotopic (exact) mass is 242 g/mol. The minimum atomic E-state index is -0.667. The Morgan fingerprint density at radius 2 is 2.33 bits per heavy atom. The topological polar surface area (TPSA) is 90.9 Å². The van der Waals surface area contributed by atoms with E-state index in [2.05, 4.69) is 19.7 Å². The van der Waals surface area contributed by atoms with E-state index < -0.39 is 5.97 Å². The Morgan fingerprint density at radius 1 is 1.50 bits per heavy atom. The lowest BCUT2D eigenvalue weighted by Gasteiger charge is -1.99. The second kappa shape index (κ2) is 5.07. The van der Waals surface area contributed by atoms with Crippen molar-refractivity contribution in [1.82, 2.24) is 4.98 Å². The van der Waals surface area contributed by atoms with Crippen LogP contribution >= 0.6 is 0 Å². The molecule has 1 aromatic heterocycles. The Balaban J connectivity index is 2.45. The fourth-order valence-corrected chi connectivity index (χ4v) is 1.59. The SMILES string of the molecule is COC(=O)/C(=C/c1ccc2cc[nH]c2c1)N=[N+]=[N-]. The number of rotatable bonds is 3. The van der Waals surface area contributed by atoms with E-state index >= 15 is 0 Å². The van der Waals surface area contributed by atoms with E-state index in [1.807, 2.05) is 30.5 Å². The molecule has 0 amide bonds. The molecule has 0 saturated heterocycles. The van der Waals surface area contributed by atoms with Crippen LogP contribution < -0.4 is 0 Å². The molecule has 0 unspecified atom stereocenters. The summed E-state index contributed by atoms with van der Waals surface area (Å²) in [5.74, 6) is -0.667. The third-order valence-electron chi connectivity index (χ3n) is 2.43. The number of fused-ring (bicyclic) bond motifs is 1. The van der Waals surface area contributed by atoms with E-state index in [0.717, 1.165) is 16.5 Å². The average Bonchev–Trinajstić information content (AvgIpc) is 2.84. The molecule has 18 heavy (non-hydrogen) atoms. The molecule has 0 spiro atoms. The van der Waals surface area contributed by atoms with Crippen molar-refractivity contribution in [2.75, 3.05) is 7.11 Å². The molecule has 0 saturated carbocycles. The highest BCUT2D eigenvalue weighted by molar-refractivity contribution is 5.94. The molecule has 1 N–H and O–H groups in total. The van der Waals surface area contributed by atoms with Gasteiger partial charge in [-0.1, -0.05) is 17.2 Å².